The van der Waals surface area contributed by atoms with Gasteiger partial charge in [-0.25, -0.2) is 9.78 Å². The first-order valence-corrected chi connectivity index (χ1v) is 7.51. The second-order valence-corrected chi connectivity index (χ2v) is 5.70. The smallest absolute Gasteiger partial charge is 0.356 e. The molecule has 4 nitrogen and oxygen atoms in total. The van der Waals surface area contributed by atoms with Gasteiger partial charge in [0.25, 0.3) is 0 Å². The van der Waals surface area contributed by atoms with Gasteiger partial charge in [-0.3, -0.25) is 4.90 Å². The normalized spacial score (nSPS) is 14.5. The van der Waals surface area contributed by atoms with Crippen molar-refractivity contribution in [3.8, 4) is 0 Å². The third-order valence-corrected chi connectivity index (χ3v) is 4.07. The minimum atomic E-state index is -0.355. The van der Waals surface area contributed by atoms with Crippen LogP contribution in [0.15, 0.2) is 36.4 Å². The van der Waals surface area contributed by atoms with Crippen LogP contribution in [-0.2, 0) is 24.2 Å². The molecule has 0 aliphatic carbocycles. The van der Waals surface area contributed by atoms with Crippen LogP contribution in [-0.4, -0.2) is 29.5 Å². The highest BCUT2D eigenvalue weighted by Crippen LogP contribution is 2.22. The van der Waals surface area contributed by atoms with Gasteiger partial charge in [0.05, 0.1) is 7.11 Å². The van der Waals surface area contributed by atoms with Gasteiger partial charge in [-0.1, -0.05) is 36.4 Å². The van der Waals surface area contributed by atoms with E-state index in [0.717, 1.165) is 37.3 Å². The summed E-state index contributed by atoms with van der Waals surface area (Å²) >= 11 is 0. The van der Waals surface area contributed by atoms with Crippen molar-refractivity contribution >= 4 is 5.97 Å². The lowest BCUT2D eigenvalue weighted by atomic mass is 10.0. The SMILES string of the molecule is COC(=O)c1nc2c(cc1C)CN(Cc1ccccc1)CC2. The molecule has 0 radical (unpaired) electrons. The zero-order valence-electron chi connectivity index (χ0n) is 13.0. The van der Waals surface area contributed by atoms with Crippen LogP contribution in [0.25, 0.3) is 0 Å². The summed E-state index contributed by atoms with van der Waals surface area (Å²) in [6, 6.07) is 12.6. The highest BCUT2D eigenvalue weighted by molar-refractivity contribution is 5.88. The largest absolute Gasteiger partial charge is 0.464 e. The molecular formula is C18H20N2O2. The zero-order valence-corrected chi connectivity index (χ0v) is 13.0. The van der Waals surface area contributed by atoms with E-state index in [-0.39, 0.29) is 5.97 Å². The molecule has 0 fully saturated rings. The highest BCUT2D eigenvalue weighted by atomic mass is 16.5. The number of aromatic nitrogens is 1. The van der Waals surface area contributed by atoms with Crippen LogP contribution in [0.2, 0.25) is 0 Å². The quantitative estimate of drug-likeness (QED) is 0.817. The molecule has 4 heteroatoms. The molecule has 0 saturated heterocycles. The number of carbonyl (C=O) groups excluding carboxylic acids is 1. The Morgan fingerprint density at radius 2 is 2.09 bits per heavy atom. The Kier molecular flexibility index (Phi) is 4.20. The molecule has 0 N–H and O–H groups in total. The Morgan fingerprint density at radius 3 is 2.82 bits per heavy atom. The van der Waals surface area contributed by atoms with E-state index < -0.39 is 0 Å². The molecule has 0 amide bonds. The number of nitrogens with zero attached hydrogens (tertiary/aromatic N) is 2. The number of fused-ring (bicyclic) bond motifs is 1. The van der Waals surface area contributed by atoms with Gasteiger partial charge in [0.2, 0.25) is 0 Å². The molecule has 114 valence electrons. The van der Waals surface area contributed by atoms with Crippen molar-refractivity contribution in [2.24, 2.45) is 0 Å². The van der Waals surface area contributed by atoms with Gasteiger partial charge in [-0.2, -0.15) is 0 Å². The number of rotatable bonds is 3. The van der Waals surface area contributed by atoms with E-state index in [4.69, 9.17) is 4.74 Å². The molecule has 22 heavy (non-hydrogen) atoms. The standard InChI is InChI=1S/C18H20N2O2/c1-13-10-15-12-20(11-14-6-4-3-5-7-14)9-8-16(15)19-17(13)18(21)22-2/h3-7,10H,8-9,11-12H2,1-2H3. The van der Waals surface area contributed by atoms with Crippen LogP contribution < -0.4 is 0 Å². The van der Waals surface area contributed by atoms with Gasteiger partial charge in [0, 0.05) is 31.7 Å². The molecule has 0 atom stereocenters. The van der Waals surface area contributed by atoms with Gasteiger partial charge >= 0.3 is 5.97 Å². The topological polar surface area (TPSA) is 42.4 Å². The summed E-state index contributed by atoms with van der Waals surface area (Å²) in [5.41, 5.74) is 4.88. The molecule has 3 rings (SSSR count). The lowest BCUT2D eigenvalue weighted by Crippen LogP contribution is -2.31. The maximum atomic E-state index is 11.7. The Hall–Kier alpha value is -2.20. The maximum Gasteiger partial charge on any atom is 0.356 e. The summed E-state index contributed by atoms with van der Waals surface area (Å²) in [6.45, 7) is 4.69. The molecule has 1 aromatic carbocycles. The summed E-state index contributed by atoms with van der Waals surface area (Å²) < 4.78 is 4.80. The van der Waals surface area contributed by atoms with Gasteiger partial charge in [0.15, 0.2) is 5.69 Å². The monoisotopic (exact) mass is 296 g/mol. The number of hydrogen-bond acceptors (Lipinski definition) is 4. The molecule has 0 spiro atoms. The third-order valence-electron chi connectivity index (χ3n) is 4.07. The van der Waals surface area contributed by atoms with E-state index in [0.29, 0.717) is 5.69 Å². The van der Waals surface area contributed by atoms with Crippen LogP contribution in [0.1, 0.15) is 32.9 Å². The average Bonchev–Trinajstić information content (AvgIpc) is 2.54. The molecule has 1 aliphatic heterocycles. The second kappa shape index (κ2) is 6.28. The van der Waals surface area contributed by atoms with Crippen molar-refractivity contribution in [2.75, 3.05) is 13.7 Å². The number of aryl methyl sites for hydroxylation is 1. The number of hydrogen-bond donors (Lipinski definition) is 0. The fraction of sp³-hybridized carbons (Fsp3) is 0.333. The van der Waals surface area contributed by atoms with Crippen molar-refractivity contribution < 1.29 is 9.53 Å². The van der Waals surface area contributed by atoms with E-state index in [2.05, 4.69) is 40.2 Å². The Morgan fingerprint density at radius 1 is 1.32 bits per heavy atom. The fourth-order valence-corrected chi connectivity index (χ4v) is 2.93. The van der Waals surface area contributed by atoms with Crippen LogP contribution in [0.4, 0.5) is 0 Å². The predicted molar refractivity (Wildman–Crippen MR) is 84.6 cm³/mol. The molecule has 0 saturated carbocycles. The molecular weight excluding hydrogens is 276 g/mol. The van der Waals surface area contributed by atoms with Crippen molar-refractivity contribution in [2.45, 2.75) is 26.4 Å². The fourth-order valence-electron chi connectivity index (χ4n) is 2.93. The summed E-state index contributed by atoms with van der Waals surface area (Å²) in [6.07, 6.45) is 0.868. The van der Waals surface area contributed by atoms with Gasteiger partial charge in [0.1, 0.15) is 0 Å². The number of methoxy groups -OCH3 is 1. The molecule has 2 heterocycles. The van der Waals surface area contributed by atoms with E-state index in [1.807, 2.05) is 13.0 Å². The van der Waals surface area contributed by atoms with E-state index >= 15 is 0 Å². The summed E-state index contributed by atoms with van der Waals surface area (Å²) in [5.74, 6) is -0.355. The number of carbonyl (C=O) groups is 1. The summed E-state index contributed by atoms with van der Waals surface area (Å²) in [5, 5.41) is 0. The van der Waals surface area contributed by atoms with Crippen LogP contribution in [0.3, 0.4) is 0 Å². The van der Waals surface area contributed by atoms with Crippen molar-refractivity contribution in [1.29, 1.82) is 0 Å². The number of benzene rings is 1. The van der Waals surface area contributed by atoms with Crippen LogP contribution in [0, 0.1) is 6.92 Å². The zero-order chi connectivity index (χ0) is 15.5. The van der Waals surface area contributed by atoms with E-state index in [1.165, 1.54) is 18.2 Å². The van der Waals surface area contributed by atoms with Crippen LogP contribution in [0.5, 0.6) is 0 Å². The predicted octanol–water partition coefficient (Wildman–Crippen LogP) is 2.73. The highest BCUT2D eigenvalue weighted by Gasteiger charge is 2.21. The minimum Gasteiger partial charge on any atom is -0.464 e. The summed E-state index contributed by atoms with van der Waals surface area (Å²) in [4.78, 5) is 18.7. The molecule has 2 aromatic rings. The lowest BCUT2D eigenvalue weighted by molar-refractivity contribution is 0.0592. The number of pyridine rings is 1. The first-order chi connectivity index (χ1) is 10.7. The van der Waals surface area contributed by atoms with Crippen molar-refractivity contribution in [3.05, 3.63) is 64.5 Å². The van der Waals surface area contributed by atoms with Gasteiger partial charge in [-0.05, 0) is 23.6 Å². The first-order valence-electron chi connectivity index (χ1n) is 7.51. The second-order valence-electron chi connectivity index (χ2n) is 5.70. The molecule has 0 bridgehead atoms. The molecule has 0 unspecified atom stereocenters. The maximum absolute atomic E-state index is 11.7. The van der Waals surface area contributed by atoms with Crippen LogP contribution >= 0.6 is 0 Å². The van der Waals surface area contributed by atoms with Crippen molar-refractivity contribution in [3.63, 3.8) is 0 Å². The van der Waals surface area contributed by atoms with E-state index in [1.54, 1.807) is 0 Å². The molecule has 1 aliphatic rings. The Bertz CT molecular complexity index is 683. The van der Waals surface area contributed by atoms with E-state index in [9.17, 15) is 4.79 Å². The first kappa shape index (κ1) is 14.7. The average molecular weight is 296 g/mol. The third kappa shape index (κ3) is 3.02. The van der Waals surface area contributed by atoms with Gasteiger partial charge in [-0.15, -0.1) is 0 Å². The Labute approximate surface area is 130 Å². The molecule has 1 aromatic heterocycles. The van der Waals surface area contributed by atoms with Gasteiger partial charge < -0.3 is 4.74 Å². The summed E-state index contributed by atoms with van der Waals surface area (Å²) in [7, 11) is 1.39. The van der Waals surface area contributed by atoms with Crippen molar-refractivity contribution in [1.82, 2.24) is 9.88 Å². The number of ether oxygens (including phenoxy) is 1. The minimum absolute atomic E-state index is 0.355. The lowest BCUT2D eigenvalue weighted by Gasteiger charge is -2.28. The Balaban J connectivity index is 1.79. The number of esters is 1.